The molecule has 1 aliphatic carbocycles. The molecule has 0 aromatic carbocycles. The summed E-state index contributed by atoms with van der Waals surface area (Å²) in [5.74, 6) is 2.74. The van der Waals surface area contributed by atoms with E-state index in [1.165, 1.54) is 12.8 Å². The molecule has 0 saturated heterocycles. The summed E-state index contributed by atoms with van der Waals surface area (Å²) in [5, 5.41) is 7.29. The minimum atomic E-state index is 0.344. The maximum absolute atomic E-state index is 5.24. The normalized spacial score (nSPS) is 18.4. The molecule has 0 spiro atoms. The minimum absolute atomic E-state index is 0.344. The molecule has 1 unspecified atom stereocenters. The topological polar surface area (TPSA) is 51.0 Å². The zero-order chi connectivity index (χ0) is 10.8. The van der Waals surface area contributed by atoms with Crippen LogP contribution in [-0.4, -0.2) is 23.2 Å². The Morgan fingerprint density at radius 1 is 1.47 bits per heavy atom. The molecule has 1 atom stereocenters. The standard InChI is InChI=1S/C11H19N3O/c1-7(2)11-13-10(15-14-11)6-9(12-3)8-4-5-8/h7-9,12H,4-6H2,1-3H3. The molecule has 1 saturated carbocycles. The molecule has 1 aromatic heterocycles. The van der Waals surface area contributed by atoms with Crippen molar-refractivity contribution < 1.29 is 4.52 Å². The van der Waals surface area contributed by atoms with Crippen LogP contribution in [-0.2, 0) is 6.42 Å². The van der Waals surface area contributed by atoms with Crippen LogP contribution in [0.3, 0.4) is 0 Å². The first-order valence-electron chi connectivity index (χ1n) is 5.70. The van der Waals surface area contributed by atoms with E-state index in [1.54, 1.807) is 0 Å². The molecule has 4 heteroatoms. The minimum Gasteiger partial charge on any atom is -0.339 e. The zero-order valence-electron chi connectivity index (χ0n) is 9.66. The van der Waals surface area contributed by atoms with E-state index in [-0.39, 0.29) is 0 Å². The van der Waals surface area contributed by atoms with Crippen molar-refractivity contribution in [3.05, 3.63) is 11.7 Å². The number of nitrogens with zero attached hydrogens (tertiary/aromatic N) is 2. The van der Waals surface area contributed by atoms with Gasteiger partial charge in [0.1, 0.15) is 0 Å². The summed E-state index contributed by atoms with van der Waals surface area (Å²) in [6, 6.07) is 0.505. The highest BCUT2D eigenvalue weighted by Crippen LogP contribution is 2.33. The van der Waals surface area contributed by atoms with Gasteiger partial charge in [-0.25, -0.2) is 0 Å². The quantitative estimate of drug-likeness (QED) is 0.802. The fourth-order valence-electron chi connectivity index (χ4n) is 1.78. The van der Waals surface area contributed by atoms with Crippen LogP contribution in [0.15, 0.2) is 4.52 Å². The summed E-state index contributed by atoms with van der Waals surface area (Å²) in [5.41, 5.74) is 0. The predicted molar refractivity (Wildman–Crippen MR) is 57.7 cm³/mol. The fourth-order valence-corrected chi connectivity index (χ4v) is 1.78. The molecular weight excluding hydrogens is 190 g/mol. The van der Waals surface area contributed by atoms with E-state index in [4.69, 9.17) is 4.52 Å². The number of aromatic nitrogens is 2. The van der Waals surface area contributed by atoms with Crippen LogP contribution in [0.4, 0.5) is 0 Å². The highest BCUT2D eigenvalue weighted by atomic mass is 16.5. The van der Waals surface area contributed by atoms with Crippen molar-refractivity contribution >= 4 is 0 Å². The molecule has 15 heavy (non-hydrogen) atoms. The van der Waals surface area contributed by atoms with Gasteiger partial charge < -0.3 is 9.84 Å². The molecular formula is C11H19N3O. The lowest BCUT2D eigenvalue weighted by Gasteiger charge is -2.11. The number of hydrogen-bond acceptors (Lipinski definition) is 4. The zero-order valence-corrected chi connectivity index (χ0v) is 9.66. The Balaban J connectivity index is 1.96. The van der Waals surface area contributed by atoms with Gasteiger partial charge in [0.15, 0.2) is 5.82 Å². The molecule has 0 radical (unpaired) electrons. The van der Waals surface area contributed by atoms with Crippen LogP contribution in [0.1, 0.15) is 44.3 Å². The van der Waals surface area contributed by atoms with E-state index in [9.17, 15) is 0 Å². The second kappa shape index (κ2) is 4.31. The average Bonchev–Trinajstić information content (AvgIpc) is 2.94. The molecule has 0 bridgehead atoms. The second-order valence-electron chi connectivity index (χ2n) is 4.64. The van der Waals surface area contributed by atoms with Gasteiger partial charge in [0, 0.05) is 18.4 Å². The smallest absolute Gasteiger partial charge is 0.228 e. The van der Waals surface area contributed by atoms with Crippen LogP contribution < -0.4 is 5.32 Å². The van der Waals surface area contributed by atoms with Crippen LogP contribution in [0.5, 0.6) is 0 Å². The van der Waals surface area contributed by atoms with Gasteiger partial charge in [-0.15, -0.1) is 0 Å². The van der Waals surface area contributed by atoms with Crippen LogP contribution in [0, 0.1) is 5.92 Å². The molecule has 1 heterocycles. The summed E-state index contributed by atoms with van der Waals surface area (Å²) in [4.78, 5) is 4.39. The third-order valence-corrected chi connectivity index (χ3v) is 2.96. The van der Waals surface area contributed by atoms with Gasteiger partial charge in [-0.3, -0.25) is 0 Å². The molecule has 2 rings (SSSR count). The molecule has 4 nitrogen and oxygen atoms in total. The van der Waals surface area contributed by atoms with Crippen molar-refractivity contribution in [3.63, 3.8) is 0 Å². The van der Waals surface area contributed by atoms with Gasteiger partial charge >= 0.3 is 0 Å². The summed E-state index contributed by atoms with van der Waals surface area (Å²) in [6.07, 6.45) is 3.52. The van der Waals surface area contributed by atoms with Gasteiger partial charge in [-0.05, 0) is 25.8 Å². The Kier molecular flexibility index (Phi) is 3.05. The van der Waals surface area contributed by atoms with Gasteiger partial charge in [-0.1, -0.05) is 19.0 Å². The lowest BCUT2D eigenvalue weighted by Crippen LogP contribution is -2.29. The first-order chi connectivity index (χ1) is 7.20. The number of hydrogen-bond donors (Lipinski definition) is 1. The lowest BCUT2D eigenvalue weighted by atomic mass is 10.1. The maximum atomic E-state index is 5.24. The van der Waals surface area contributed by atoms with Crippen LogP contribution in [0.2, 0.25) is 0 Å². The second-order valence-corrected chi connectivity index (χ2v) is 4.64. The third kappa shape index (κ3) is 2.56. The molecule has 84 valence electrons. The van der Waals surface area contributed by atoms with Crippen molar-refractivity contribution in [2.24, 2.45) is 5.92 Å². The molecule has 1 aromatic rings. The Morgan fingerprint density at radius 2 is 2.20 bits per heavy atom. The number of nitrogens with one attached hydrogen (secondary N) is 1. The first-order valence-corrected chi connectivity index (χ1v) is 5.70. The van der Waals surface area contributed by atoms with E-state index >= 15 is 0 Å². The van der Waals surface area contributed by atoms with E-state index in [1.807, 2.05) is 7.05 Å². The van der Waals surface area contributed by atoms with Gasteiger partial charge in [0.25, 0.3) is 0 Å². The monoisotopic (exact) mass is 209 g/mol. The summed E-state index contributed by atoms with van der Waals surface area (Å²) < 4.78 is 5.24. The molecule has 1 aliphatic rings. The van der Waals surface area contributed by atoms with E-state index in [0.29, 0.717) is 12.0 Å². The van der Waals surface area contributed by atoms with Crippen LogP contribution in [0.25, 0.3) is 0 Å². The number of rotatable bonds is 5. The third-order valence-electron chi connectivity index (χ3n) is 2.96. The average molecular weight is 209 g/mol. The molecule has 0 amide bonds. The van der Waals surface area contributed by atoms with Crippen molar-refractivity contribution in [1.82, 2.24) is 15.5 Å². The predicted octanol–water partition coefficient (Wildman–Crippen LogP) is 1.73. The van der Waals surface area contributed by atoms with Gasteiger partial charge in [0.05, 0.1) is 0 Å². The fraction of sp³-hybridized carbons (Fsp3) is 0.818. The Bertz CT molecular complexity index is 317. The summed E-state index contributed by atoms with van der Waals surface area (Å²) in [7, 11) is 2.00. The van der Waals surface area contributed by atoms with Crippen molar-refractivity contribution in [1.29, 1.82) is 0 Å². The highest BCUT2D eigenvalue weighted by Gasteiger charge is 2.31. The maximum Gasteiger partial charge on any atom is 0.228 e. The van der Waals surface area contributed by atoms with Crippen molar-refractivity contribution in [2.45, 2.75) is 45.1 Å². The highest BCUT2D eigenvalue weighted by molar-refractivity contribution is 4.96. The first kappa shape index (κ1) is 10.6. The van der Waals surface area contributed by atoms with Gasteiger partial charge in [0.2, 0.25) is 5.89 Å². The van der Waals surface area contributed by atoms with Gasteiger partial charge in [-0.2, -0.15) is 4.98 Å². The summed E-state index contributed by atoms with van der Waals surface area (Å²) in [6.45, 7) is 4.15. The van der Waals surface area contributed by atoms with Crippen LogP contribution >= 0.6 is 0 Å². The Labute approximate surface area is 90.4 Å². The van der Waals surface area contributed by atoms with Crippen molar-refractivity contribution in [3.8, 4) is 0 Å². The SMILES string of the molecule is CNC(Cc1nc(C(C)C)no1)C1CC1. The Morgan fingerprint density at radius 3 is 2.67 bits per heavy atom. The van der Waals surface area contributed by atoms with E-state index in [2.05, 4.69) is 29.3 Å². The lowest BCUT2D eigenvalue weighted by molar-refractivity contribution is 0.347. The summed E-state index contributed by atoms with van der Waals surface area (Å²) >= 11 is 0. The molecule has 1 fully saturated rings. The van der Waals surface area contributed by atoms with E-state index in [0.717, 1.165) is 24.1 Å². The van der Waals surface area contributed by atoms with E-state index < -0.39 is 0 Å². The largest absolute Gasteiger partial charge is 0.339 e. The number of likely N-dealkylation sites (N-methyl/N-ethyl adjacent to an activating group) is 1. The van der Waals surface area contributed by atoms with Crippen molar-refractivity contribution in [2.75, 3.05) is 7.05 Å². The molecule has 1 N–H and O–H groups in total. The molecule has 0 aliphatic heterocycles. The Hall–Kier alpha value is -0.900.